The summed E-state index contributed by atoms with van der Waals surface area (Å²) < 4.78 is 21.4. The molecule has 0 saturated carbocycles. The molecule has 0 spiro atoms. The highest BCUT2D eigenvalue weighted by atomic mass is 16.6. The van der Waals surface area contributed by atoms with Gasteiger partial charge in [0.2, 0.25) is 0 Å². The Morgan fingerprint density at radius 3 is 2.16 bits per heavy atom. The molecule has 0 aliphatic carbocycles. The second-order valence-corrected chi connectivity index (χ2v) is 5.16. The first kappa shape index (κ1) is 11.7. The molecular weight excluding hydrogens is 246 g/mol. The summed E-state index contributed by atoms with van der Waals surface area (Å²) in [4.78, 5) is 2.26. The van der Waals surface area contributed by atoms with Gasteiger partial charge in [-0.15, -0.1) is 0 Å². The van der Waals surface area contributed by atoms with E-state index >= 15 is 0 Å². The molecule has 1 aromatic rings. The molecule has 3 aliphatic heterocycles. The molecule has 0 amide bonds. The van der Waals surface area contributed by atoms with Gasteiger partial charge in [0.15, 0.2) is 0 Å². The van der Waals surface area contributed by atoms with Crippen molar-refractivity contribution in [1.29, 1.82) is 0 Å². The highest BCUT2D eigenvalue weighted by Gasteiger charge is 2.41. The van der Waals surface area contributed by atoms with Crippen molar-refractivity contribution in [3.63, 3.8) is 0 Å². The summed E-state index contributed by atoms with van der Waals surface area (Å²) in [5.41, 5.74) is 1.25. The van der Waals surface area contributed by atoms with Crippen LogP contribution >= 0.6 is 0 Å². The van der Waals surface area contributed by atoms with Crippen LogP contribution in [0.5, 0.6) is 5.75 Å². The van der Waals surface area contributed by atoms with Crippen LogP contribution in [0.3, 0.4) is 0 Å². The summed E-state index contributed by atoms with van der Waals surface area (Å²) in [5, 5.41) is 0. The molecule has 0 N–H and O–H groups in total. The first-order valence-electron chi connectivity index (χ1n) is 6.71. The van der Waals surface area contributed by atoms with Gasteiger partial charge in [0.25, 0.3) is 0 Å². The Morgan fingerprint density at radius 2 is 1.63 bits per heavy atom. The van der Waals surface area contributed by atoms with Crippen LogP contribution in [0.25, 0.3) is 0 Å². The summed E-state index contributed by atoms with van der Waals surface area (Å²) >= 11 is 0. The van der Waals surface area contributed by atoms with Gasteiger partial charge in [0.05, 0.1) is 19.8 Å². The zero-order valence-electron chi connectivity index (χ0n) is 10.7. The van der Waals surface area contributed by atoms with Crippen LogP contribution in [0, 0.1) is 0 Å². The summed E-state index contributed by atoms with van der Waals surface area (Å²) in [6, 6.07) is 8.22. The molecule has 1 aromatic carbocycles. The van der Waals surface area contributed by atoms with E-state index in [1.165, 1.54) is 5.56 Å². The fourth-order valence-corrected chi connectivity index (χ4v) is 2.11. The average Bonchev–Trinajstić information content (AvgIpc) is 3.31. The lowest BCUT2D eigenvalue weighted by molar-refractivity contribution is 0.106. The normalized spacial score (nSPS) is 31.3. The van der Waals surface area contributed by atoms with Crippen molar-refractivity contribution in [3.05, 3.63) is 29.8 Å². The quantitative estimate of drug-likeness (QED) is 0.686. The predicted octanol–water partition coefficient (Wildman–Crippen LogP) is 0.979. The van der Waals surface area contributed by atoms with E-state index in [-0.39, 0.29) is 12.5 Å². The van der Waals surface area contributed by atoms with E-state index < -0.39 is 0 Å². The number of ether oxygens (including phenoxy) is 4. The van der Waals surface area contributed by atoms with Gasteiger partial charge in [-0.2, -0.15) is 0 Å². The standard InChI is InChI=1S/C14H17NO4/c1-3-11(16-6-12-7-17-12)4-2-10(1)5-15(13-8-18-13)14-9-19-14/h1-4,12-14H,5-9H2. The van der Waals surface area contributed by atoms with Crippen LogP contribution in [0.1, 0.15) is 5.56 Å². The van der Waals surface area contributed by atoms with Crippen LogP contribution in [-0.2, 0) is 20.8 Å². The second kappa shape index (κ2) is 4.76. The fourth-order valence-electron chi connectivity index (χ4n) is 2.11. The molecule has 0 aromatic heterocycles. The number of hydrogen-bond acceptors (Lipinski definition) is 5. The Balaban J connectivity index is 1.34. The van der Waals surface area contributed by atoms with Gasteiger partial charge in [0.1, 0.15) is 30.9 Å². The Bertz CT molecular complexity index is 425. The van der Waals surface area contributed by atoms with Crippen molar-refractivity contribution in [2.24, 2.45) is 0 Å². The van der Waals surface area contributed by atoms with Gasteiger partial charge in [0, 0.05) is 6.54 Å². The lowest BCUT2D eigenvalue weighted by Crippen LogP contribution is -2.29. The third-order valence-corrected chi connectivity index (χ3v) is 3.50. The first-order valence-corrected chi connectivity index (χ1v) is 6.71. The summed E-state index contributed by atoms with van der Waals surface area (Å²) in [5.74, 6) is 0.899. The van der Waals surface area contributed by atoms with Crippen molar-refractivity contribution in [3.8, 4) is 5.75 Å². The minimum atomic E-state index is 0.246. The number of epoxide rings is 3. The lowest BCUT2D eigenvalue weighted by Gasteiger charge is -2.17. The highest BCUT2D eigenvalue weighted by molar-refractivity contribution is 5.27. The Hall–Kier alpha value is -1.14. The lowest BCUT2D eigenvalue weighted by atomic mass is 10.2. The minimum Gasteiger partial charge on any atom is -0.491 e. The molecule has 5 heteroatoms. The predicted molar refractivity (Wildman–Crippen MR) is 66.7 cm³/mol. The van der Waals surface area contributed by atoms with Crippen LogP contribution in [0.2, 0.25) is 0 Å². The fraction of sp³-hybridized carbons (Fsp3) is 0.571. The van der Waals surface area contributed by atoms with Gasteiger partial charge in [-0.1, -0.05) is 12.1 Å². The first-order chi connectivity index (χ1) is 9.38. The van der Waals surface area contributed by atoms with E-state index in [2.05, 4.69) is 17.0 Å². The van der Waals surface area contributed by atoms with Crippen molar-refractivity contribution in [2.45, 2.75) is 25.1 Å². The molecule has 3 fully saturated rings. The van der Waals surface area contributed by atoms with Gasteiger partial charge >= 0.3 is 0 Å². The van der Waals surface area contributed by atoms with Crippen molar-refractivity contribution >= 4 is 0 Å². The second-order valence-electron chi connectivity index (χ2n) is 5.16. The van der Waals surface area contributed by atoms with E-state index in [1.807, 2.05) is 12.1 Å². The Labute approximate surface area is 112 Å². The van der Waals surface area contributed by atoms with Gasteiger partial charge in [-0.05, 0) is 17.7 Å². The maximum Gasteiger partial charge on any atom is 0.136 e. The molecule has 3 unspecified atom stereocenters. The van der Waals surface area contributed by atoms with Crippen molar-refractivity contribution in [1.82, 2.24) is 4.90 Å². The van der Waals surface area contributed by atoms with Crippen LogP contribution in [0.15, 0.2) is 24.3 Å². The zero-order valence-corrected chi connectivity index (χ0v) is 10.7. The van der Waals surface area contributed by atoms with Crippen molar-refractivity contribution < 1.29 is 18.9 Å². The molecular formula is C14H17NO4. The molecule has 0 radical (unpaired) electrons. The van der Waals surface area contributed by atoms with E-state index in [0.29, 0.717) is 12.7 Å². The van der Waals surface area contributed by atoms with Gasteiger partial charge < -0.3 is 18.9 Å². The molecule has 4 rings (SSSR count). The molecule has 3 atom stereocenters. The van der Waals surface area contributed by atoms with Gasteiger partial charge in [-0.3, -0.25) is 0 Å². The molecule has 3 heterocycles. The molecule has 19 heavy (non-hydrogen) atoms. The molecule has 5 nitrogen and oxygen atoms in total. The van der Waals surface area contributed by atoms with Gasteiger partial charge in [-0.25, -0.2) is 4.90 Å². The maximum atomic E-state index is 5.62. The zero-order chi connectivity index (χ0) is 12.7. The third kappa shape index (κ3) is 3.06. The molecule has 0 bridgehead atoms. The summed E-state index contributed by atoms with van der Waals surface area (Å²) in [6.07, 6.45) is 0.792. The molecule has 3 aliphatic rings. The maximum absolute atomic E-state index is 5.62. The van der Waals surface area contributed by atoms with E-state index in [1.54, 1.807) is 0 Å². The van der Waals surface area contributed by atoms with Crippen LogP contribution in [-0.4, -0.2) is 49.9 Å². The summed E-state index contributed by atoms with van der Waals surface area (Å²) in [7, 11) is 0. The third-order valence-electron chi connectivity index (χ3n) is 3.50. The molecule has 3 saturated heterocycles. The SMILES string of the molecule is c1cc(OCC2CO2)ccc1CN(C1CO1)C1CO1. The van der Waals surface area contributed by atoms with Crippen LogP contribution in [0.4, 0.5) is 0 Å². The monoisotopic (exact) mass is 263 g/mol. The highest BCUT2D eigenvalue weighted by Crippen LogP contribution is 2.28. The Kier molecular flexibility index (Phi) is 2.92. The number of benzene rings is 1. The number of hydrogen-bond donors (Lipinski definition) is 0. The summed E-state index contributed by atoms with van der Waals surface area (Å²) in [6.45, 7) is 3.99. The topological polar surface area (TPSA) is 50.1 Å². The van der Waals surface area contributed by atoms with E-state index in [9.17, 15) is 0 Å². The number of rotatable bonds is 7. The van der Waals surface area contributed by atoms with E-state index in [0.717, 1.165) is 32.1 Å². The van der Waals surface area contributed by atoms with Crippen LogP contribution < -0.4 is 4.74 Å². The smallest absolute Gasteiger partial charge is 0.136 e. The number of nitrogens with zero attached hydrogens (tertiary/aromatic N) is 1. The largest absolute Gasteiger partial charge is 0.491 e. The Morgan fingerprint density at radius 1 is 1.00 bits per heavy atom. The average molecular weight is 263 g/mol. The molecule has 102 valence electrons. The van der Waals surface area contributed by atoms with Crippen molar-refractivity contribution in [2.75, 3.05) is 26.4 Å². The minimum absolute atomic E-state index is 0.246. The van der Waals surface area contributed by atoms with E-state index in [4.69, 9.17) is 18.9 Å².